The number of hydrogen-bond acceptors (Lipinski definition) is 6. The summed E-state index contributed by atoms with van der Waals surface area (Å²) >= 11 is 1.01. The largest absolute Gasteiger partial charge is 0.465 e. The van der Waals surface area contributed by atoms with Crippen LogP contribution in [0.2, 0.25) is 0 Å². The number of nitrogens with zero attached hydrogens (tertiary/aromatic N) is 1. The molecule has 3 rings (SSSR count). The highest BCUT2D eigenvalue weighted by Crippen LogP contribution is 2.27. The number of nitrogens with one attached hydrogen (secondary N) is 1. The van der Waals surface area contributed by atoms with Gasteiger partial charge in [0.1, 0.15) is 9.77 Å². The highest BCUT2D eigenvalue weighted by molar-refractivity contribution is 7.93. The van der Waals surface area contributed by atoms with Gasteiger partial charge in [0.15, 0.2) is 0 Å². The van der Waals surface area contributed by atoms with Gasteiger partial charge in [0.2, 0.25) is 0 Å². The summed E-state index contributed by atoms with van der Waals surface area (Å²) in [4.78, 5) is 15.8. The molecule has 0 unspecified atom stereocenters. The van der Waals surface area contributed by atoms with E-state index in [1.54, 1.807) is 24.4 Å². The zero-order valence-electron chi connectivity index (χ0n) is 12.0. The maximum Gasteiger partial charge on any atom is 0.349 e. The molecule has 0 bridgehead atoms. The van der Waals surface area contributed by atoms with Crippen LogP contribution >= 0.6 is 11.3 Å². The lowest BCUT2D eigenvalue weighted by atomic mass is 10.2. The fourth-order valence-corrected chi connectivity index (χ4v) is 4.54. The number of hydrogen-bond donors (Lipinski definition) is 1. The van der Waals surface area contributed by atoms with E-state index in [9.17, 15) is 13.2 Å². The first-order valence-corrected chi connectivity index (χ1v) is 8.91. The van der Waals surface area contributed by atoms with Crippen LogP contribution in [0.1, 0.15) is 9.67 Å². The zero-order chi connectivity index (χ0) is 16.4. The van der Waals surface area contributed by atoms with Crippen LogP contribution in [-0.4, -0.2) is 26.5 Å². The number of anilines is 1. The lowest BCUT2D eigenvalue weighted by molar-refractivity contribution is 0.0602. The molecule has 0 aliphatic carbocycles. The van der Waals surface area contributed by atoms with Crippen molar-refractivity contribution >= 4 is 43.9 Å². The van der Waals surface area contributed by atoms with Crippen molar-refractivity contribution < 1.29 is 17.9 Å². The van der Waals surface area contributed by atoms with Crippen molar-refractivity contribution in [2.75, 3.05) is 11.8 Å². The zero-order valence-corrected chi connectivity index (χ0v) is 13.6. The Morgan fingerprint density at radius 3 is 2.78 bits per heavy atom. The number of carbonyl (C=O) groups excluding carboxylic acids is 1. The van der Waals surface area contributed by atoms with Gasteiger partial charge in [-0.25, -0.2) is 13.2 Å². The number of aromatic nitrogens is 1. The average Bonchev–Trinajstić information content (AvgIpc) is 3.05. The van der Waals surface area contributed by atoms with E-state index < -0.39 is 16.0 Å². The number of rotatable bonds is 4. The van der Waals surface area contributed by atoms with E-state index >= 15 is 0 Å². The Labute approximate surface area is 136 Å². The summed E-state index contributed by atoms with van der Waals surface area (Å²) in [5.74, 6) is -0.684. The lowest BCUT2D eigenvalue weighted by Gasteiger charge is -2.10. The van der Waals surface area contributed by atoms with Gasteiger partial charge in [-0.1, -0.05) is 18.2 Å². The Hall–Kier alpha value is -2.45. The van der Waals surface area contributed by atoms with Gasteiger partial charge in [-0.15, -0.1) is 11.3 Å². The normalized spacial score (nSPS) is 11.3. The molecule has 6 nitrogen and oxygen atoms in total. The van der Waals surface area contributed by atoms with Crippen molar-refractivity contribution in [1.82, 2.24) is 4.98 Å². The molecule has 0 aliphatic rings. The maximum atomic E-state index is 12.6. The Morgan fingerprint density at radius 2 is 2.00 bits per heavy atom. The fraction of sp³-hybridized carbons (Fsp3) is 0.0667. The van der Waals surface area contributed by atoms with E-state index in [1.165, 1.54) is 18.6 Å². The monoisotopic (exact) mass is 348 g/mol. The van der Waals surface area contributed by atoms with Crippen LogP contribution in [0, 0.1) is 0 Å². The second-order valence-electron chi connectivity index (χ2n) is 4.59. The molecule has 1 N–H and O–H groups in total. The number of pyridine rings is 1. The number of esters is 1. The van der Waals surface area contributed by atoms with Crippen LogP contribution in [0.5, 0.6) is 0 Å². The van der Waals surface area contributed by atoms with E-state index in [1.807, 2.05) is 12.1 Å². The first kappa shape index (κ1) is 15.4. The second-order valence-corrected chi connectivity index (χ2v) is 7.16. The summed E-state index contributed by atoms with van der Waals surface area (Å²) in [7, 11) is -2.72. The van der Waals surface area contributed by atoms with Crippen molar-refractivity contribution in [3.05, 3.63) is 52.9 Å². The lowest BCUT2D eigenvalue weighted by Crippen LogP contribution is -2.16. The summed E-state index contributed by atoms with van der Waals surface area (Å²) in [6, 6.07) is 10.2. The number of thiophene rings is 1. The van der Waals surface area contributed by atoms with Gasteiger partial charge in [0, 0.05) is 11.6 Å². The molecule has 0 spiro atoms. The van der Waals surface area contributed by atoms with Gasteiger partial charge < -0.3 is 4.74 Å². The highest BCUT2D eigenvalue weighted by atomic mass is 32.2. The van der Waals surface area contributed by atoms with Crippen molar-refractivity contribution in [1.29, 1.82) is 0 Å². The minimum atomic E-state index is -3.93. The Balaban J connectivity index is 2.05. The minimum Gasteiger partial charge on any atom is -0.465 e. The number of benzene rings is 1. The van der Waals surface area contributed by atoms with E-state index in [2.05, 4.69) is 14.4 Å². The van der Waals surface area contributed by atoms with Gasteiger partial charge in [0.25, 0.3) is 10.0 Å². The van der Waals surface area contributed by atoms with Crippen LogP contribution in [0.4, 0.5) is 5.69 Å². The van der Waals surface area contributed by atoms with Crippen molar-refractivity contribution in [3.63, 3.8) is 0 Å². The van der Waals surface area contributed by atoms with E-state index in [0.29, 0.717) is 11.2 Å². The Morgan fingerprint density at radius 1 is 1.22 bits per heavy atom. The molecule has 0 saturated heterocycles. The summed E-state index contributed by atoms with van der Waals surface area (Å²) in [5.41, 5.74) is 0.888. The predicted molar refractivity (Wildman–Crippen MR) is 88.2 cm³/mol. The standard InChI is InChI=1S/C15H12N2O4S2/c1-21-15(18)14-12(7-9-22-14)23(19,20)17-11-6-2-4-10-5-3-8-16-13(10)11/h2-9,17H,1H3. The van der Waals surface area contributed by atoms with Crippen LogP contribution < -0.4 is 4.72 Å². The van der Waals surface area contributed by atoms with Gasteiger partial charge in [-0.2, -0.15) is 0 Å². The smallest absolute Gasteiger partial charge is 0.349 e. The number of carbonyl (C=O) groups is 1. The molecule has 0 fully saturated rings. The molecule has 23 heavy (non-hydrogen) atoms. The molecular weight excluding hydrogens is 336 g/mol. The number of para-hydroxylation sites is 1. The molecule has 0 amide bonds. The molecule has 1 aromatic carbocycles. The summed E-state index contributed by atoms with van der Waals surface area (Å²) < 4.78 is 32.3. The first-order valence-electron chi connectivity index (χ1n) is 6.55. The summed E-state index contributed by atoms with van der Waals surface area (Å²) in [6.45, 7) is 0. The number of fused-ring (bicyclic) bond motifs is 1. The van der Waals surface area contributed by atoms with Gasteiger partial charge in [0.05, 0.1) is 18.3 Å². The molecule has 0 atom stereocenters. The molecule has 2 aromatic heterocycles. The molecule has 0 saturated carbocycles. The van der Waals surface area contributed by atoms with E-state index in [4.69, 9.17) is 0 Å². The first-order chi connectivity index (χ1) is 11.0. The van der Waals surface area contributed by atoms with Crippen LogP contribution in [0.15, 0.2) is 52.9 Å². The van der Waals surface area contributed by atoms with Crippen molar-refractivity contribution in [2.45, 2.75) is 4.90 Å². The van der Waals surface area contributed by atoms with Crippen LogP contribution in [0.3, 0.4) is 0 Å². The molecular formula is C15H12N2O4S2. The van der Waals surface area contributed by atoms with E-state index in [-0.39, 0.29) is 9.77 Å². The number of ether oxygens (including phenoxy) is 1. The second kappa shape index (κ2) is 5.98. The Kier molecular flexibility index (Phi) is 4.01. The highest BCUT2D eigenvalue weighted by Gasteiger charge is 2.25. The summed E-state index contributed by atoms with van der Waals surface area (Å²) in [5, 5.41) is 2.34. The van der Waals surface area contributed by atoms with Gasteiger partial charge >= 0.3 is 5.97 Å². The quantitative estimate of drug-likeness (QED) is 0.733. The van der Waals surface area contributed by atoms with Crippen LogP contribution in [0.25, 0.3) is 10.9 Å². The third kappa shape index (κ3) is 2.90. The fourth-order valence-electron chi connectivity index (χ4n) is 2.14. The third-order valence-electron chi connectivity index (χ3n) is 3.17. The average molecular weight is 348 g/mol. The molecule has 118 valence electrons. The Bertz CT molecular complexity index is 975. The molecule has 8 heteroatoms. The van der Waals surface area contributed by atoms with Crippen molar-refractivity contribution in [3.8, 4) is 0 Å². The third-order valence-corrected chi connectivity index (χ3v) is 5.60. The van der Waals surface area contributed by atoms with Gasteiger partial charge in [-0.3, -0.25) is 9.71 Å². The molecule has 2 heterocycles. The van der Waals surface area contributed by atoms with Gasteiger partial charge in [-0.05, 0) is 23.6 Å². The molecule has 0 radical (unpaired) electrons. The SMILES string of the molecule is COC(=O)c1sccc1S(=O)(=O)Nc1cccc2cccnc12. The van der Waals surface area contributed by atoms with E-state index in [0.717, 1.165) is 16.7 Å². The molecule has 0 aliphatic heterocycles. The molecule has 3 aromatic rings. The number of methoxy groups -OCH3 is 1. The topological polar surface area (TPSA) is 85.4 Å². The number of sulfonamides is 1. The summed E-state index contributed by atoms with van der Waals surface area (Å²) in [6.07, 6.45) is 1.59. The maximum absolute atomic E-state index is 12.6. The predicted octanol–water partition coefficient (Wildman–Crippen LogP) is 2.88. The minimum absolute atomic E-state index is 0.0354. The van der Waals surface area contributed by atoms with Crippen molar-refractivity contribution in [2.24, 2.45) is 0 Å². The van der Waals surface area contributed by atoms with Crippen LogP contribution in [-0.2, 0) is 14.8 Å².